The SMILES string of the molecule is COc1cc(C2=C(c3cn(CCCN(C)C)c4ccccc34)C(=O)NC2=O)cc(OC)c1OC.COc1cc(C2=C(c3cn(CCN4CCCCC4)c4ccccc34)C(=O)NC2=O)cc(OC)c1OC. The van der Waals surface area contributed by atoms with Crippen LogP contribution in [0.5, 0.6) is 34.5 Å². The number of ether oxygens (including phenoxy) is 6. The highest BCUT2D eigenvalue weighted by molar-refractivity contribution is 6.51. The smallest absolute Gasteiger partial charge is 0.259 e. The maximum absolute atomic E-state index is 13.2. The normalized spacial score (nSPS) is 15.2. The molecule has 0 bridgehead atoms. The third-order valence-corrected chi connectivity index (χ3v) is 13.0. The number of carbonyl (C=O) groups excluding carboxylic acids is 4. The number of methoxy groups -OCH3 is 6. The van der Waals surface area contributed by atoms with E-state index in [9.17, 15) is 19.2 Å². The Hall–Kier alpha value is -7.56. The summed E-state index contributed by atoms with van der Waals surface area (Å²) in [6, 6.07) is 22.7. The summed E-state index contributed by atoms with van der Waals surface area (Å²) in [5.41, 5.74) is 5.78. The number of amides is 4. The molecule has 3 aliphatic heterocycles. The van der Waals surface area contributed by atoms with Crippen LogP contribution in [0.15, 0.2) is 85.2 Å². The summed E-state index contributed by atoms with van der Waals surface area (Å²) in [4.78, 5) is 56.9. The predicted octanol–water partition coefficient (Wildman–Crippen LogP) is 6.91. The lowest BCUT2D eigenvalue weighted by molar-refractivity contribution is -0.124. The monoisotopic (exact) mass is 952 g/mol. The first-order valence-corrected chi connectivity index (χ1v) is 23.3. The van der Waals surface area contributed by atoms with Crippen molar-refractivity contribution in [2.75, 3.05) is 82.9 Å². The molecule has 2 aromatic heterocycles. The Balaban J connectivity index is 0.000000189. The van der Waals surface area contributed by atoms with Crippen molar-refractivity contribution in [3.63, 3.8) is 0 Å². The third-order valence-electron chi connectivity index (χ3n) is 13.0. The van der Waals surface area contributed by atoms with E-state index in [0.717, 1.165) is 73.1 Å². The minimum absolute atomic E-state index is 0.278. The average Bonchev–Trinajstić information content (AvgIpc) is 4.10. The van der Waals surface area contributed by atoms with E-state index in [4.69, 9.17) is 28.4 Å². The third kappa shape index (κ3) is 9.56. The van der Waals surface area contributed by atoms with Crippen molar-refractivity contribution in [1.82, 2.24) is 29.6 Å². The number of nitrogens with one attached hydrogen (secondary N) is 2. The summed E-state index contributed by atoms with van der Waals surface area (Å²) >= 11 is 0. The summed E-state index contributed by atoms with van der Waals surface area (Å²) in [5.74, 6) is 0.720. The number of benzene rings is 4. The van der Waals surface area contributed by atoms with Crippen LogP contribution in [0.1, 0.15) is 47.9 Å². The van der Waals surface area contributed by atoms with Crippen molar-refractivity contribution in [2.24, 2.45) is 0 Å². The second kappa shape index (κ2) is 21.4. The van der Waals surface area contributed by atoms with Crippen molar-refractivity contribution < 1.29 is 47.6 Å². The summed E-state index contributed by atoms with van der Waals surface area (Å²) in [7, 11) is 13.2. The minimum atomic E-state index is -0.460. The molecule has 4 amide bonds. The van der Waals surface area contributed by atoms with E-state index in [0.29, 0.717) is 62.3 Å². The van der Waals surface area contributed by atoms with Gasteiger partial charge >= 0.3 is 0 Å². The van der Waals surface area contributed by atoms with Gasteiger partial charge in [0.25, 0.3) is 23.6 Å². The molecule has 0 unspecified atom stereocenters. The molecule has 70 heavy (non-hydrogen) atoms. The fraction of sp³-hybridized carbons (Fsp3) is 0.333. The number of aryl methyl sites for hydroxylation is 1. The van der Waals surface area contributed by atoms with Gasteiger partial charge in [0.15, 0.2) is 23.0 Å². The molecule has 5 heterocycles. The molecule has 4 aromatic carbocycles. The molecule has 16 heteroatoms. The number of nitrogens with zero attached hydrogens (tertiary/aromatic N) is 4. The second-order valence-corrected chi connectivity index (χ2v) is 17.5. The van der Waals surface area contributed by atoms with Crippen LogP contribution >= 0.6 is 0 Å². The molecule has 6 aromatic rings. The zero-order chi connectivity index (χ0) is 49.6. The average molecular weight is 953 g/mol. The molecule has 366 valence electrons. The number of rotatable bonds is 17. The van der Waals surface area contributed by atoms with Crippen LogP contribution in [-0.4, -0.2) is 125 Å². The Morgan fingerprint density at radius 2 is 0.900 bits per heavy atom. The quantitative estimate of drug-likeness (QED) is 0.0911. The molecule has 16 nitrogen and oxygen atoms in total. The molecule has 0 saturated carbocycles. The number of piperidine rings is 1. The Kier molecular flexibility index (Phi) is 14.9. The molecular weight excluding hydrogens is 893 g/mol. The first kappa shape index (κ1) is 48.9. The molecule has 3 aliphatic rings. The standard InChI is InChI=1S/C28H31N3O5.C26H29N3O5/c1-34-22-15-18(16-23(35-2)26(22)36-3)24-25(28(33)29-27(24)32)20-17-31(21-10-6-5-9-19(20)21)14-13-30-11-7-4-8-12-30;1-28(2)11-8-12-29-15-18(17-9-6-7-10-19(17)29)23-22(25(30)27-26(23)31)16-13-20(32-3)24(34-5)21(14-16)33-4/h5-6,9-10,15-17H,4,7-8,11-14H2,1-3H3,(H,29,32,33);6-7,9-10,13-15H,8,11-12H2,1-5H3,(H,27,30,31). The molecule has 0 atom stereocenters. The van der Waals surface area contributed by atoms with Crippen molar-refractivity contribution in [1.29, 1.82) is 0 Å². The number of fused-ring (bicyclic) bond motifs is 2. The van der Waals surface area contributed by atoms with E-state index in [2.05, 4.69) is 35.6 Å². The molecular formula is C54H60N6O10. The number of aromatic nitrogens is 2. The van der Waals surface area contributed by atoms with Crippen LogP contribution in [0, 0.1) is 0 Å². The number of likely N-dealkylation sites (tertiary alicyclic amines) is 1. The highest BCUT2D eigenvalue weighted by Crippen LogP contribution is 2.45. The van der Waals surface area contributed by atoms with E-state index >= 15 is 0 Å². The molecule has 0 spiro atoms. The summed E-state index contributed by atoms with van der Waals surface area (Å²) < 4.78 is 37.1. The van der Waals surface area contributed by atoms with Gasteiger partial charge in [0.05, 0.1) is 65.0 Å². The van der Waals surface area contributed by atoms with Gasteiger partial charge in [-0.3, -0.25) is 29.8 Å². The van der Waals surface area contributed by atoms with Gasteiger partial charge in [0.2, 0.25) is 11.5 Å². The molecule has 1 saturated heterocycles. The Labute approximate surface area is 407 Å². The highest BCUT2D eigenvalue weighted by atomic mass is 16.5. The first-order valence-electron chi connectivity index (χ1n) is 23.3. The summed E-state index contributed by atoms with van der Waals surface area (Å²) in [6.45, 7) is 5.74. The molecule has 0 aliphatic carbocycles. The van der Waals surface area contributed by atoms with Crippen LogP contribution in [-0.2, 0) is 32.3 Å². The van der Waals surface area contributed by atoms with Gasteiger partial charge in [-0.05, 0) is 101 Å². The Bertz CT molecular complexity index is 3000. The first-order chi connectivity index (χ1) is 33.9. The van der Waals surface area contributed by atoms with Crippen molar-refractivity contribution in [2.45, 2.75) is 38.8 Å². The number of hydrogen-bond donors (Lipinski definition) is 2. The van der Waals surface area contributed by atoms with Gasteiger partial charge in [-0.25, -0.2) is 0 Å². The van der Waals surface area contributed by atoms with Crippen LogP contribution in [0.25, 0.3) is 44.1 Å². The molecule has 1 fully saturated rings. The van der Waals surface area contributed by atoms with Gasteiger partial charge in [0.1, 0.15) is 0 Å². The van der Waals surface area contributed by atoms with Crippen molar-refractivity contribution in [3.8, 4) is 34.5 Å². The van der Waals surface area contributed by atoms with Crippen LogP contribution in [0.2, 0.25) is 0 Å². The maximum Gasteiger partial charge on any atom is 0.259 e. The van der Waals surface area contributed by atoms with Gasteiger partial charge in [-0.1, -0.05) is 42.8 Å². The van der Waals surface area contributed by atoms with Crippen molar-refractivity contribution >= 4 is 67.7 Å². The topological polar surface area (TPSA) is 164 Å². The fourth-order valence-electron chi connectivity index (χ4n) is 9.68. The Morgan fingerprint density at radius 3 is 1.30 bits per heavy atom. The van der Waals surface area contributed by atoms with Crippen LogP contribution < -0.4 is 39.1 Å². The molecule has 9 rings (SSSR count). The van der Waals surface area contributed by atoms with Gasteiger partial charge < -0.3 is 47.4 Å². The van der Waals surface area contributed by atoms with E-state index in [1.807, 2.05) is 69.0 Å². The van der Waals surface area contributed by atoms with Crippen LogP contribution in [0.3, 0.4) is 0 Å². The molecule has 0 radical (unpaired) electrons. The lowest BCUT2D eigenvalue weighted by Crippen LogP contribution is -2.32. The summed E-state index contributed by atoms with van der Waals surface area (Å²) in [5, 5.41) is 6.81. The van der Waals surface area contributed by atoms with Crippen molar-refractivity contribution in [3.05, 3.63) is 107 Å². The summed E-state index contributed by atoms with van der Waals surface area (Å²) in [6.07, 6.45) is 8.70. The number of carbonyl (C=O) groups is 4. The highest BCUT2D eigenvalue weighted by Gasteiger charge is 2.37. The van der Waals surface area contributed by atoms with E-state index in [1.54, 1.807) is 24.3 Å². The van der Waals surface area contributed by atoms with E-state index in [1.165, 1.54) is 61.9 Å². The predicted molar refractivity (Wildman–Crippen MR) is 269 cm³/mol. The number of imide groups is 2. The van der Waals surface area contributed by atoms with Crippen LogP contribution in [0.4, 0.5) is 0 Å². The van der Waals surface area contributed by atoms with E-state index in [-0.39, 0.29) is 11.1 Å². The minimum Gasteiger partial charge on any atom is -0.493 e. The Morgan fingerprint density at radius 1 is 0.500 bits per heavy atom. The largest absolute Gasteiger partial charge is 0.493 e. The lowest BCUT2D eigenvalue weighted by Gasteiger charge is -2.26. The lowest BCUT2D eigenvalue weighted by atomic mass is 9.95. The number of para-hydroxylation sites is 2. The molecule has 2 N–H and O–H groups in total. The van der Waals surface area contributed by atoms with Gasteiger partial charge in [0, 0.05) is 65.0 Å². The fourth-order valence-corrected chi connectivity index (χ4v) is 9.68. The van der Waals surface area contributed by atoms with E-state index < -0.39 is 23.6 Å². The number of hydrogen-bond acceptors (Lipinski definition) is 12. The zero-order valence-corrected chi connectivity index (χ0v) is 41.0. The van der Waals surface area contributed by atoms with Gasteiger partial charge in [-0.15, -0.1) is 0 Å². The second-order valence-electron chi connectivity index (χ2n) is 17.5. The zero-order valence-electron chi connectivity index (χ0n) is 41.0. The van der Waals surface area contributed by atoms with Gasteiger partial charge in [-0.2, -0.15) is 0 Å². The maximum atomic E-state index is 13.2.